The number of hydrogen-bond donors (Lipinski definition) is 6. The lowest BCUT2D eigenvalue weighted by molar-refractivity contribution is -0.146. The summed E-state index contributed by atoms with van der Waals surface area (Å²) in [7, 11) is 0. The Morgan fingerprint density at radius 1 is 1.21 bits per heavy atom. The van der Waals surface area contributed by atoms with Crippen LogP contribution in [0.2, 0.25) is 0 Å². The topological polar surface area (TPSA) is 162 Å². The molecule has 166 valence electrons. The number of nitrogens with zero attached hydrogens (tertiary/aromatic N) is 1. The minimum atomic E-state index is -1.50. The number of aliphatic carboxylic acids is 1. The largest absolute Gasteiger partial charge is 0.480 e. The number of carbonyl (C=O) groups excluding carboxylic acids is 3. The molecule has 0 bridgehead atoms. The molecule has 0 radical (unpaired) electrons. The van der Waals surface area contributed by atoms with Crippen LogP contribution in [0.3, 0.4) is 0 Å². The van der Waals surface area contributed by atoms with Gasteiger partial charge in [0.2, 0.25) is 17.7 Å². The number of nitrogens with one attached hydrogen (secondary N) is 2. The van der Waals surface area contributed by atoms with Gasteiger partial charge in [0.05, 0.1) is 12.1 Å². The van der Waals surface area contributed by atoms with Gasteiger partial charge in [-0.15, -0.1) is 0 Å². The van der Waals surface area contributed by atoms with Gasteiger partial charge in [-0.1, -0.05) is 20.3 Å². The summed E-state index contributed by atoms with van der Waals surface area (Å²) >= 11 is 4.02. The van der Waals surface area contributed by atoms with Crippen LogP contribution >= 0.6 is 12.6 Å². The molecule has 0 aliphatic carbocycles. The number of carbonyl (C=O) groups is 4. The quantitative estimate of drug-likeness (QED) is 0.234. The third-order valence-corrected chi connectivity index (χ3v) is 5.59. The molecule has 0 spiro atoms. The maximum Gasteiger partial charge on any atom is 0.328 e. The number of carboxylic acids is 1. The minimum Gasteiger partial charge on any atom is -0.480 e. The highest BCUT2D eigenvalue weighted by Crippen LogP contribution is 2.19. The number of aliphatic hydroxyl groups is 1. The van der Waals surface area contributed by atoms with Gasteiger partial charge in [0.25, 0.3) is 0 Å². The molecule has 0 aromatic heterocycles. The number of likely N-dealkylation sites (tertiary alicyclic amines) is 1. The molecular formula is C18H32N4O6S. The average Bonchev–Trinajstić information content (AvgIpc) is 3.17. The number of aliphatic hydroxyl groups excluding tert-OH is 1. The summed E-state index contributed by atoms with van der Waals surface area (Å²) in [4.78, 5) is 50.6. The zero-order valence-electron chi connectivity index (χ0n) is 17.0. The normalized spacial score (nSPS) is 21.6. The second kappa shape index (κ2) is 11.4. The molecule has 1 aliphatic heterocycles. The number of hydrogen-bond acceptors (Lipinski definition) is 7. The zero-order chi connectivity index (χ0) is 22.3. The highest BCUT2D eigenvalue weighted by atomic mass is 32.1. The lowest BCUT2D eigenvalue weighted by atomic mass is 9.97. The molecule has 0 saturated carbocycles. The van der Waals surface area contributed by atoms with E-state index in [4.69, 9.17) is 5.73 Å². The molecule has 6 unspecified atom stereocenters. The van der Waals surface area contributed by atoms with Gasteiger partial charge >= 0.3 is 5.97 Å². The van der Waals surface area contributed by atoms with Crippen molar-refractivity contribution >= 4 is 36.3 Å². The first kappa shape index (κ1) is 25.2. The number of rotatable bonds is 10. The fraction of sp³-hybridized carbons (Fsp3) is 0.778. The van der Waals surface area contributed by atoms with E-state index in [9.17, 15) is 29.4 Å². The van der Waals surface area contributed by atoms with Gasteiger partial charge in [-0.25, -0.2) is 4.79 Å². The number of amides is 3. The number of carboxylic acid groups (broad SMARTS) is 1. The molecular weight excluding hydrogens is 400 g/mol. The Kier molecular flexibility index (Phi) is 9.87. The number of thiol groups is 1. The molecule has 1 fully saturated rings. The van der Waals surface area contributed by atoms with E-state index in [1.165, 1.54) is 11.8 Å². The fourth-order valence-electron chi connectivity index (χ4n) is 3.18. The van der Waals surface area contributed by atoms with Gasteiger partial charge in [0.1, 0.15) is 12.1 Å². The smallest absolute Gasteiger partial charge is 0.328 e. The molecule has 0 aromatic carbocycles. The van der Waals surface area contributed by atoms with Gasteiger partial charge in [-0.3, -0.25) is 14.4 Å². The van der Waals surface area contributed by atoms with E-state index in [1.54, 1.807) is 6.92 Å². The van der Waals surface area contributed by atoms with E-state index in [0.717, 1.165) is 0 Å². The molecule has 3 amide bonds. The highest BCUT2D eigenvalue weighted by Gasteiger charge is 2.38. The van der Waals surface area contributed by atoms with Crippen molar-refractivity contribution in [3.63, 3.8) is 0 Å². The Morgan fingerprint density at radius 2 is 1.83 bits per heavy atom. The Labute approximate surface area is 176 Å². The first-order valence-corrected chi connectivity index (χ1v) is 10.4. The molecule has 1 aliphatic rings. The lowest BCUT2D eigenvalue weighted by Crippen LogP contribution is -2.59. The van der Waals surface area contributed by atoms with Crippen molar-refractivity contribution in [3.8, 4) is 0 Å². The van der Waals surface area contributed by atoms with E-state index in [-0.39, 0.29) is 17.6 Å². The summed E-state index contributed by atoms with van der Waals surface area (Å²) < 4.78 is 0. The summed E-state index contributed by atoms with van der Waals surface area (Å²) in [5.41, 5.74) is 5.75. The van der Waals surface area contributed by atoms with Crippen LogP contribution in [0, 0.1) is 5.92 Å². The summed E-state index contributed by atoms with van der Waals surface area (Å²) in [5, 5.41) is 23.7. The predicted molar refractivity (Wildman–Crippen MR) is 109 cm³/mol. The van der Waals surface area contributed by atoms with Crippen LogP contribution in [0.1, 0.15) is 40.0 Å². The summed E-state index contributed by atoms with van der Waals surface area (Å²) in [6, 6.07) is -4.07. The van der Waals surface area contributed by atoms with Gasteiger partial charge < -0.3 is 31.5 Å². The molecule has 6 N–H and O–H groups in total. The van der Waals surface area contributed by atoms with E-state index < -0.39 is 48.1 Å². The maximum atomic E-state index is 12.8. The second-order valence-corrected chi connectivity index (χ2v) is 7.78. The van der Waals surface area contributed by atoms with Gasteiger partial charge in [0, 0.05) is 12.3 Å². The molecule has 11 heteroatoms. The molecule has 1 rings (SSSR count). The van der Waals surface area contributed by atoms with Crippen molar-refractivity contribution in [2.24, 2.45) is 11.7 Å². The Bertz CT molecular complexity index is 617. The average molecular weight is 433 g/mol. The summed E-state index contributed by atoms with van der Waals surface area (Å²) in [6.45, 7) is 5.22. The minimum absolute atomic E-state index is 0.150. The van der Waals surface area contributed by atoms with Gasteiger partial charge in [-0.05, 0) is 25.7 Å². The van der Waals surface area contributed by atoms with E-state index >= 15 is 0 Å². The van der Waals surface area contributed by atoms with Crippen LogP contribution in [-0.4, -0.2) is 81.4 Å². The Hall–Kier alpha value is -1.85. The SMILES string of the molecule is CCC(C)C(NC(=O)C1CCCN1C(=O)C(N)CS)C(=O)NC(C(=O)O)C(C)O. The fourth-order valence-corrected chi connectivity index (χ4v) is 3.33. The van der Waals surface area contributed by atoms with E-state index in [0.29, 0.717) is 25.8 Å². The Balaban J connectivity index is 2.94. The third kappa shape index (κ3) is 6.58. The first-order chi connectivity index (χ1) is 13.5. The highest BCUT2D eigenvalue weighted by molar-refractivity contribution is 7.80. The molecule has 29 heavy (non-hydrogen) atoms. The van der Waals surface area contributed by atoms with Crippen molar-refractivity contribution in [1.82, 2.24) is 15.5 Å². The standard InChI is InChI=1S/C18H32N4O6S/c1-4-9(2)13(16(25)21-14(10(3)23)18(27)28)20-15(24)12-6-5-7-22(12)17(26)11(19)8-29/h9-14,23,29H,4-8,19H2,1-3H3,(H,20,24)(H,21,25)(H,27,28). The van der Waals surface area contributed by atoms with E-state index in [1.807, 2.05) is 6.92 Å². The van der Waals surface area contributed by atoms with Crippen LogP contribution in [-0.2, 0) is 19.2 Å². The molecule has 0 aromatic rings. The number of nitrogens with two attached hydrogens (primary N) is 1. The van der Waals surface area contributed by atoms with Gasteiger partial charge in [-0.2, -0.15) is 12.6 Å². The molecule has 6 atom stereocenters. The maximum absolute atomic E-state index is 12.8. The van der Waals surface area contributed by atoms with Crippen molar-refractivity contribution < 1.29 is 29.4 Å². The molecule has 10 nitrogen and oxygen atoms in total. The third-order valence-electron chi connectivity index (χ3n) is 5.19. The monoisotopic (exact) mass is 432 g/mol. The van der Waals surface area contributed by atoms with Crippen molar-refractivity contribution in [1.29, 1.82) is 0 Å². The second-order valence-electron chi connectivity index (χ2n) is 7.42. The lowest BCUT2D eigenvalue weighted by Gasteiger charge is -2.30. The van der Waals surface area contributed by atoms with Crippen LogP contribution in [0.4, 0.5) is 0 Å². The van der Waals surface area contributed by atoms with Crippen LogP contribution in [0.15, 0.2) is 0 Å². The van der Waals surface area contributed by atoms with Crippen molar-refractivity contribution in [3.05, 3.63) is 0 Å². The van der Waals surface area contributed by atoms with Gasteiger partial charge in [0.15, 0.2) is 6.04 Å². The summed E-state index contributed by atoms with van der Waals surface area (Å²) in [5.74, 6) is -3.10. The van der Waals surface area contributed by atoms with Crippen LogP contribution in [0.5, 0.6) is 0 Å². The molecule has 1 heterocycles. The van der Waals surface area contributed by atoms with Crippen LogP contribution in [0.25, 0.3) is 0 Å². The van der Waals surface area contributed by atoms with Crippen molar-refractivity contribution in [2.45, 2.75) is 70.3 Å². The summed E-state index contributed by atoms with van der Waals surface area (Å²) in [6.07, 6.45) is 0.307. The first-order valence-electron chi connectivity index (χ1n) is 9.73. The Morgan fingerprint density at radius 3 is 2.31 bits per heavy atom. The zero-order valence-corrected chi connectivity index (χ0v) is 17.9. The van der Waals surface area contributed by atoms with Crippen molar-refractivity contribution in [2.75, 3.05) is 12.3 Å². The predicted octanol–water partition coefficient (Wildman–Crippen LogP) is -1.28. The van der Waals surface area contributed by atoms with E-state index in [2.05, 4.69) is 23.3 Å². The van der Waals surface area contributed by atoms with Crippen LogP contribution < -0.4 is 16.4 Å². The molecule has 1 saturated heterocycles.